The Morgan fingerprint density at radius 2 is 1.78 bits per heavy atom. The van der Waals surface area contributed by atoms with E-state index in [0.29, 0.717) is 6.42 Å². The van der Waals surface area contributed by atoms with Crippen molar-refractivity contribution in [2.45, 2.75) is 13.3 Å². The van der Waals surface area contributed by atoms with Crippen molar-refractivity contribution < 1.29 is 4.79 Å². The second-order valence-corrected chi connectivity index (χ2v) is 5.94. The second kappa shape index (κ2) is 6.16. The van der Waals surface area contributed by atoms with Crippen LogP contribution in [0, 0.1) is 6.92 Å². The van der Waals surface area contributed by atoms with Crippen LogP contribution in [0.4, 0.5) is 11.4 Å². The summed E-state index contributed by atoms with van der Waals surface area (Å²) >= 11 is 0. The van der Waals surface area contributed by atoms with Gasteiger partial charge in [0.1, 0.15) is 0 Å². The minimum atomic E-state index is -0.00421. The summed E-state index contributed by atoms with van der Waals surface area (Å²) in [6, 6.07) is 15.9. The van der Waals surface area contributed by atoms with Crippen molar-refractivity contribution in [2.75, 3.05) is 24.3 Å². The van der Waals surface area contributed by atoms with Crippen molar-refractivity contribution >= 4 is 28.2 Å². The van der Waals surface area contributed by atoms with Crippen LogP contribution in [-0.2, 0) is 11.2 Å². The van der Waals surface area contributed by atoms with Crippen LogP contribution < -0.4 is 10.2 Å². The molecule has 118 valence electrons. The van der Waals surface area contributed by atoms with Crippen molar-refractivity contribution in [3.63, 3.8) is 0 Å². The van der Waals surface area contributed by atoms with Gasteiger partial charge in [-0.2, -0.15) is 0 Å². The van der Waals surface area contributed by atoms with E-state index in [1.807, 2.05) is 74.4 Å². The smallest absolute Gasteiger partial charge is 0.228 e. The highest BCUT2D eigenvalue weighted by atomic mass is 16.1. The van der Waals surface area contributed by atoms with Gasteiger partial charge in [0, 0.05) is 42.1 Å². The minimum absolute atomic E-state index is 0.00421. The van der Waals surface area contributed by atoms with Crippen molar-refractivity contribution in [1.29, 1.82) is 0 Å². The zero-order valence-electron chi connectivity index (χ0n) is 13.7. The predicted molar refractivity (Wildman–Crippen MR) is 96.1 cm³/mol. The number of benzene rings is 2. The van der Waals surface area contributed by atoms with Gasteiger partial charge in [0.15, 0.2) is 0 Å². The minimum Gasteiger partial charge on any atom is -0.378 e. The van der Waals surface area contributed by atoms with E-state index in [1.165, 1.54) is 0 Å². The maximum atomic E-state index is 12.4. The lowest BCUT2D eigenvalue weighted by molar-refractivity contribution is -0.115. The fourth-order valence-electron chi connectivity index (χ4n) is 2.77. The average molecular weight is 307 g/mol. The SMILES string of the molecule is Cc1[nH]c2ccccc2c1CC(=O)Nc1ccc(N(C)C)cc1. The normalized spacial score (nSPS) is 10.7. The summed E-state index contributed by atoms with van der Waals surface area (Å²) in [6.45, 7) is 2.01. The molecule has 2 aromatic carbocycles. The summed E-state index contributed by atoms with van der Waals surface area (Å²) in [7, 11) is 3.99. The van der Waals surface area contributed by atoms with Crippen LogP contribution in [0.25, 0.3) is 10.9 Å². The van der Waals surface area contributed by atoms with Gasteiger partial charge in [0.2, 0.25) is 5.91 Å². The molecule has 0 bridgehead atoms. The van der Waals surface area contributed by atoms with E-state index in [2.05, 4.69) is 10.3 Å². The molecule has 0 saturated carbocycles. The summed E-state index contributed by atoms with van der Waals surface area (Å²) in [6.07, 6.45) is 0.366. The molecule has 23 heavy (non-hydrogen) atoms. The van der Waals surface area contributed by atoms with Gasteiger partial charge in [0.25, 0.3) is 0 Å². The van der Waals surface area contributed by atoms with E-state index in [4.69, 9.17) is 0 Å². The van der Waals surface area contributed by atoms with Crippen molar-refractivity contribution in [2.24, 2.45) is 0 Å². The number of hydrogen-bond donors (Lipinski definition) is 2. The average Bonchev–Trinajstić information content (AvgIpc) is 2.84. The van der Waals surface area contributed by atoms with E-state index in [1.54, 1.807) is 0 Å². The van der Waals surface area contributed by atoms with Crippen molar-refractivity contribution in [1.82, 2.24) is 4.98 Å². The third-order valence-electron chi connectivity index (χ3n) is 4.03. The molecule has 3 aromatic rings. The molecular formula is C19H21N3O. The first-order chi connectivity index (χ1) is 11.0. The van der Waals surface area contributed by atoms with E-state index in [0.717, 1.165) is 33.5 Å². The quantitative estimate of drug-likeness (QED) is 0.771. The zero-order chi connectivity index (χ0) is 16.4. The standard InChI is InChI=1S/C19H21N3O/c1-13-17(16-6-4-5-7-18(16)20-13)12-19(23)21-14-8-10-15(11-9-14)22(2)3/h4-11,20H,12H2,1-3H3,(H,21,23). The Bertz CT molecular complexity index is 831. The van der Waals surface area contributed by atoms with Crippen molar-refractivity contribution in [3.05, 3.63) is 59.8 Å². The van der Waals surface area contributed by atoms with Crippen LogP contribution in [0.3, 0.4) is 0 Å². The number of aromatic amines is 1. The van der Waals surface area contributed by atoms with E-state index in [9.17, 15) is 4.79 Å². The number of aromatic nitrogens is 1. The Morgan fingerprint density at radius 3 is 2.48 bits per heavy atom. The molecule has 0 aliphatic heterocycles. The Morgan fingerprint density at radius 1 is 1.09 bits per heavy atom. The number of amides is 1. The lowest BCUT2D eigenvalue weighted by Gasteiger charge is -2.13. The van der Waals surface area contributed by atoms with Gasteiger partial charge in [0.05, 0.1) is 6.42 Å². The Hall–Kier alpha value is -2.75. The molecule has 0 unspecified atom stereocenters. The molecule has 0 saturated heterocycles. The Balaban J connectivity index is 1.75. The van der Waals surface area contributed by atoms with Gasteiger partial charge in [-0.3, -0.25) is 4.79 Å². The summed E-state index contributed by atoms with van der Waals surface area (Å²) < 4.78 is 0. The predicted octanol–water partition coefficient (Wildman–Crippen LogP) is 3.72. The molecule has 0 aliphatic carbocycles. The van der Waals surface area contributed by atoms with E-state index >= 15 is 0 Å². The molecule has 0 atom stereocenters. The van der Waals surface area contributed by atoms with Crippen LogP contribution in [0.2, 0.25) is 0 Å². The molecule has 0 spiro atoms. The number of carbonyl (C=O) groups excluding carboxylic acids is 1. The molecule has 1 aromatic heterocycles. The second-order valence-electron chi connectivity index (χ2n) is 5.94. The lowest BCUT2D eigenvalue weighted by atomic mass is 10.1. The van der Waals surface area contributed by atoms with Crippen LogP contribution >= 0.6 is 0 Å². The topological polar surface area (TPSA) is 48.1 Å². The third kappa shape index (κ3) is 3.21. The summed E-state index contributed by atoms with van der Waals surface area (Å²) in [4.78, 5) is 17.7. The zero-order valence-corrected chi connectivity index (χ0v) is 13.7. The monoisotopic (exact) mass is 307 g/mol. The van der Waals surface area contributed by atoms with E-state index < -0.39 is 0 Å². The number of H-pyrrole nitrogens is 1. The molecule has 3 rings (SSSR count). The largest absolute Gasteiger partial charge is 0.378 e. The fourth-order valence-corrected chi connectivity index (χ4v) is 2.77. The molecule has 4 nitrogen and oxygen atoms in total. The number of nitrogens with one attached hydrogen (secondary N) is 2. The Labute approximate surface area is 136 Å². The molecule has 0 fully saturated rings. The maximum absolute atomic E-state index is 12.4. The molecule has 1 heterocycles. The summed E-state index contributed by atoms with van der Waals surface area (Å²) in [5, 5.41) is 4.08. The van der Waals surface area contributed by atoms with Gasteiger partial charge >= 0.3 is 0 Å². The number of para-hydroxylation sites is 1. The fraction of sp³-hybridized carbons (Fsp3) is 0.211. The van der Waals surface area contributed by atoms with Gasteiger partial charge < -0.3 is 15.2 Å². The first-order valence-electron chi connectivity index (χ1n) is 7.68. The number of fused-ring (bicyclic) bond motifs is 1. The van der Waals surface area contributed by atoms with Gasteiger partial charge in [-0.05, 0) is 42.8 Å². The Kier molecular flexibility index (Phi) is 4.06. The van der Waals surface area contributed by atoms with Crippen LogP contribution in [-0.4, -0.2) is 25.0 Å². The molecule has 2 N–H and O–H groups in total. The molecule has 4 heteroatoms. The lowest BCUT2D eigenvalue weighted by Crippen LogP contribution is -2.15. The number of rotatable bonds is 4. The van der Waals surface area contributed by atoms with Gasteiger partial charge in [-0.25, -0.2) is 0 Å². The number of carbonyl (C=O) groups is 1. The molecular weight excluding hydrogens is 286 g/mol. The molecule has 0 aliphatic rings. The van der Waals surface area contributed by atoms with Gasteiger partial charge in [-0.1, -0.05) is 18.2 Å². The maximum Gasteiger partial charge on any atom is 0.228 e. The number of nitrogens with zero attached hydrogens (tertiary/aromatic N) is 1. The first kappa shape index (κ1) is 15.2. The van der Waals surface area contributed by atoms with Crippen LogP contribution in [0.5, 0.6) is 0 Å². The van der Waals surface area contributed by atoms with E-state index in [-0.39, 0.29) is 5.91 Å². The highest BCUT2D eigenvalue weighted by Crippen LogP contribution is 2.23. The summed E-state index contributed by atoms with van der Waals surface area (Å²) in [5.74, 6) is -0.00421. The highest BCUT2D eigenvalue weighted by molar-refractivity contribution is 5.96. The third-order valence-corrected chi connectivity index (χ3v) is 4.03. The van der Waals surface area contributed by atoms with Crippen LogP contribution in [0.15, 0.2) is 48.5 Å². The molecule has 0 radical (unpaired) electrons. The number of hydrogen-bond acceptors (Lipinski definition) is 2. The van der Waals surface area contributed by atoms with Crippen molar-refractivity contribution in [3.8, 4) is 0 Å². The summed E-state index contributed by atoms with van der Waals surface area (Å²) in [5.41, 5.74) is 5.10. The van der Waals surface area contributed by atoms with Crippen LogP contribution in [0.1, 0.15) is 11.3 Å². The number of anilines is 2. The number of aryl methyl sites for hydroxylation is 1. The first-order valence-corrected chi connectivity index (χ1v) is 7.68. The molecule has 1 amide bonds. The van der Waals surface area contributed by atoms with Gasteiger partial charge in [-0.15, -0.1) is 0 Å². The highest BCUT2D eigenvalue weighted by Gasteiger charge is 2.12.